The van der Waals surface area contributed by atoms with E-state index in [1.54, 1.807) is 7.05 Å². The molecule has 0 saturated carbocycles. The van der Waals surface area contributed by atoms with Gasteiger partial charge in [-0.2, -0.15) is 0 Å². The van der Waals surface area contributed by atoms with Gasteiger partial charge in [0.05, 0.1) is 5.69 Å². The van der Waals surface area contributed by atoms with Gasteiger partial charge in [0.1, 0.15) is 12.0 Å². The van der Waals surface area contributed by atoms with Crippen LogP contribution < -0.4 is 5.32 Å². The molecule has 0 bridgehead atoms. The number of hydrogen-bond donors (Lipinski definition) is 1. The Hall–Kier alpha value is -1.45. The highest BCUT2D eigenvalue weighted by Gasteiger charge is 2.11. The molecule has 1 aromatic rings. The second-order valence-electron chi connectivity index (χ2n) is 3.02. The monoisotopic (exact) mass is 178 g/mol. The molecule has 1 N–H and O–H groups in total. The fourth-order valence-electron chi connectivity index (χ4n) is 1.15. The molecular formula is C9H14N4. The zero-order chi connectivity index (χ0) is 9.84. The van der Waals surface area contributed by atoms with Crippen molar-refractivity contribution < 1.29 is 0 Å². The van der Waals surface area contributed by atoms with Gasteiger partial charge in [0.25, 0.3) is 0 Å². The summed E-state index contributed by atoms with van der Waals surface area (Å²) in [7, 11) is 1.81. The summed E-state index contributed by atoms with van der Waals surface area (Å²) in [6.45, 7) is 7.64. The number of rotatable bonds is 3. The molecular weight excluding hydrogens is 164 g/mol. The van der Waals surface area contributed by atoms with Crippen LogP contribution in [0.25, 0.3) is 0 Å². The summed E-state index contributed by atoms with van der Waals surface area (Å²) in [6.07, 6.45) is 1.54. The van der Waals surface area contributed by atoms with Crippen LogP contribution in [0.2, 0.25) is 0 Å². The summed E-state index contributed by atoms with van der Waals surface area (Å²) in [5.74, 6) is 1.06. The number of nitrogens with zero attached hydrogens (tertiary/aromatic N) is 3. The predicted molar refractivity (Wildman–Crippen MR) is 54.9 cm³/mol. The molecule has 1 rings (SSSR count). The molecule has 4 heteroatoms. The molecule has 0 aromatic carbocycles. The van der Waals surface area contributed by atoms with Gasteiger partial charge in [-0.3, -0.25) is 4.99 Å². The number of anilines is 1. The van der Waals surface area contributed by atoms with Gasteiger partial charge in [0.2, 0.25) is 0 Å². The third kappa shape index (κ3) is 1.83. The van der Waals surface area contributed by atoms with E-state index in [0.29, 0.717) is 5.92 Å². The average molecular weight is 178 g/mol. The van der Waals surface area contributed by atoms with Crippen molar-refractivity contribution in [3.05, 3.63) is 12.0 Å². The second-order valence-corrected chi connectivity index (χ2v) is 3.02. The van der Waals surface area contributed by atoms with Crippen LogP contribution in [-0.4, -0.2) is 23.7 Å². The maximum absolute atomic E-state index is 4.17. The number of hydrogen-bond acceptors (Lipinski definition) is 4. The van der Waals surface area contributed by atoms with Crippen molar-refractivity contribution in [1.82, 2.24) is 9.97 Å². The van der Waals surface area contributed by atoms with Crippen LogP contribution in [0, 0.1) is 0 Å². The van der Waals surface area contributed by atoms with Crippen molar-refractivity contribution >= 4 is 18.2 Å². The highest BCUT2D eigenvalue weighted by molar-refractivity contribution is 5.65. The number of aromatic nitrogens is 2. The van der Waals surface area contributed by atoms with Crippen LogP contribution in [0.4, 0.5) is 11.5 Å². The Morgan fingerprint density at radius 2 is 2.15 bits per heavy atom. The Morgan fingerprint density at radius 1 is 1.46 bits per heavy atom. The summed E-state index contributed by atoms with van der Waals surface area (Å²) in [5.41, 5.74) is 1.68. The van der Waals surface area contributed by atoms with Crippen molar-refractivity contribution in [1.29, 1.82) is 0 Å². The summed E-state index contributed by atoms with van der Waals surface area (Å²) in [5, 5.41) is 2.96. The fraction of sp³-hybridized carbons (Fsp3) is 0.444. The minimum absolute atomic E-state index is 0.329. The van der Waals surface area contributed by atoms with Crippen LogP contribution in [0.1, 0.15) is 25.5 Å². The van der Waals surface area contributed by atoms with Gasteiger partial charge < -0.3 is 5.32 Å². The van der Waals surface area contributed by atoms with Crippen LogP contribution in [0.3, 0.4) is 0 Å². The van der Waals surface area contributed by atoms with E-state index in [0.717, 1.165) is 17.2 Å². The van der Waals surface area contributed by atoms with Crippen molar-refractivity contribution in [2.24, 2.45) is 4.99 Å². The van der Waals surface area contributed by atoms with E-state index in [2.05, 4.69) is 40.8 Å². The Balaban J connectivity index is 3.27. The van der Waals surface area contributed by atoms with E-state index in [1.807, 2.05) is 0 Å². The largest absolute Gasteiger partial charge is 0.371 e. The quantitative estimate of drug-likeness (QED) is 0.720. The van der Waals surface area contributed by atoms with Crippen molar-refractivity contribution in [3.8, 4) is 0 Å². The van der Waals surface area contributed by atoms with E-state index >= 15 is 0 Å². The molecule has 1 heterocycles. The zero-order valence-electron chi connectivity index (χ0n) is 8.20. The predicted octanol–water partition coefficient (Wildman–Crippen LogP) is 1.97. The molecule has 0 aliphatic rings. The lowest BCUT2D eigenvalue weighted by Gasteiger charge is -2.10. The van der Waals surface area contributed by atoms with E-state index in [4.69, 9.17) is 0 Å². The highest BCUT2D eigenvalue weighted by Crippen LogP contribution is 2.29. The Bertz CT molecular complexity index is 306. The molecule has 0 radical (unpaired) electrons. The second kappa shape index (κ2) is 3.98. The first-order chi connectivity index (χ1) is 6.20. The van der Waals surface area contributed by atoms with Crippen LogP contribution >= 0.6 is 0 Å². The van der Waals surface area contributed by atoms with Crippen LogP contribution in [0.15, 0.2) is 11.3 Å². The normalized spacial score (nSPS) is 10.2. The van der Waals surface area contributed by atoms with Crippen molar-refractivity contribution in [2.75, 3.05) is 12.4 Å². The lowest BCUT2D eigenvalue weighted by molar-refractivity contribution is 0.816. The minimum atomic E-state index is 0.329. The molecule has 0 atom stereocenters. The van der Waals surface area contributed by atoms with Gasteiger partial charge in [-0.25, -0.2) is 9.97 Å². The van der Waals surface area contributed by atoms with Crippen LogP contribution in [0.5, 0.6) is 0 Å². The molecule has 0 unspecified atom stereocenters. The Labute approximate surface area is 78.1 Å². The van der Waals surface area contributed by atoms with Crippen molar-refractivity contribution in [2.45, 2.75) is 19.8 Å². The smallest absolute Gasteiger partial charge is 0.155 e. The van der Waals surface area contributed by atoms with Gasteiger partial charge in [0, 0.05) is 7.05 Å². The summed E-state index contributed by atoms with van der Waals surface area (Å²) < 4.78 is 0. The lowest BCUT2D eigenvalue weighted by atomic mass is 10.1. The average Bonchev–Trinajstić information content (AvgIpc) is 2.16. The maximum atomic E-state index is 4.17. The molecule has 4 nitrogen and oxygen atoms in total. The number of aliphatic imine (C=N–C) groups is 1. The van der Waals surface area contributed by atoms with E-state index in [-0.39, 0.29) is 0 Å². The molecule has 0 fully saturated rings. The van der Waals surface area contributed by atoms with Gasteiger partial charge >= 0.3 is 0 Å². The molecule has 1 aromatic heterocycles. The van der Waals surface area contributed by atoms with Gasteiger partial charge in [-0.05, 0) is 12.6 Å². The summed E-state index contributed by atoms with van der Waals surface area (Å²) in [6, 6.07) is 0. The first-order valence-electron chi connectivity index (χ1n) is 4.20. The summed E-state index contributed by atoms with van der Waals surface area (Å²) in [4.78, 5) is 12.2. The maximum Gasteiger partial charge on any atom is 0.155 e. The Morgan fingerprint density at radius 3 is 2.62 bits per heavy atom. The van der Waals surface area contributed by atoms with Crippen LogP contribution in [-0.2, 0) is 0 Å². The van der Waals surface area contributed by atoms with E-state index in [1.165, 1.54) is 6.33 Å². The van der Waals surface area contributed by atoms with Crippen molar-refractivity contribution in [3.63, 3.8) is 0 Å². The topological polar surface area (TPSA) is 50.2 Å². The van der Waals surface area contributed by atoms with Gasteiger partial charge in [0.15, 0.2) is 5.82 Å². The first kappa shape index (κ1) is 9.64. The van der Waals surface area contributed by atoms with Gasteiger partial charge in [-0.1, -0.05) is 13.8 Å². The molecule has 0 aliphatic carbocycles. The molecule has 0 spiro atoms. The molecule has 0 amide bonds. The molecule has 0 aliphatic heterocycles. The molecule has 70 valence electrons. The lowest BCUT2D eigenvalue weighted by Crippen LogP contribution is -1.99. The highest BCUT2D eigenvalue weighted by atomic mass is 15.0. The first-order valence-corrected chi connectivity index (χ1v) is 4.20. The number of nitrogens with one attached hydrogen (secondary N) is 1. The minimum Gasteiger partial charge on any atom is -0.371 e. The van der Waals surface area contributed by atoms with E-state index in [9.17, 15) is 0 Å². The molecule has 0 saturated heterocycles. The van der Waals surface area contributed by atoms with Gasteiger partial charge in [-0.15, -0.1) is 0 Å². The Kier molecular flexibility index (Phi) is 2.95. The van der Waals surface area contributed by atoms with E-state index < -0.39 is 0 Å². The molecule has 13 heavy (non-hydrogen) atoms. The fourth-order valence-corrected chi connectivity index (χ4v) is 1.15. The SMILES string of the molecule is C=Nc1c(NC)ncnc1C(C)C. The third-order valence-corrected chi connectivity index (χ3v) is 1.79. The standard InChI is InChI=1S/C9H14N4/c1-6(2)7-8(10-3)9(11-4)13-5-12-7/h5-6H,3H2,1-2,4H3,(H,11,12,13). The summed E-state index contributed by atoms with van der Waals surface area (Å²) >= 11 is 0. The third-order valence-electron chi connectivity index (χ3n) is 1.79. The zero-order valence-corrected chi connectivity index (χ0v) is 8.20.